The predicted molar refractivity (Wildman–Crippen MR) is 77.2 cm³/mol. The summed E-state index contributed by atoms with van der Waals surface area (Å²) in [6, 6.07) is 4.82. The van der Waals surface area contributed by atoms with Crippen molar-refractivity contribution in [2.24, 2.45) is 0 Å². The summed E-state index contributed by atoms with van der Waals surface area (Å²) in [6.45, 7) is -2.85. The van der Waals surface area contributed by atoms with E-state index in [0.717, 1.165) is 16.2 Å². The monoisotopic (exact) mass is 304 g/mol. The Hall–Kier alpha value is -1.08. The first-order valence-electron chi connectivity index (χ1n) is 5.85. The van der Waals surface area contributed by atoms with Crippen molar-refractivity contribution in [3.63, 3.8) is 0 Å². The molecule has 1 saturated heterocycles. The molecular weight excluding hydrogens is 290 g/mol. The van der Waals surface area contributed by atoms with Crippen LogP contribution in [-0.2, 0) is 0 Å². The standard InChI is InChI=1S/C8H6F2N2OS.C4H8S/c9-8(10)13-4-2-1-3-5-6(4)7(11)12-14-5;1-2-4-5-3-1/h1-3,8H,(H2,11,12);1-4H2. The number of ether oxygens (including phenoxy) is 1. The normalized spacial score (nSPS) is 14.5. The number of rotatable bonds is 2. The number of aromatic nitrogens is 1. The maximum atomic E-state index is 12.0. The van der Waals surface area contributed by atoms with Gasteiger partial charge in [-0.15, -0.1) is 0 Å². The number of nitrogens with zero attached hydrogens (tertiary/aromatic N) is 1. The molecule has 0 saturated carbocycles. The number of fused-ring (bicyclic) bond motifs is 1. The third-order valence-corrected chi connectivity index (χ3v) is 4.51. The lowest BCUT2D eigenvalue weighted by Gasteiger charge is -2.04. The van der Waals surface area contributed by atoms with Gasteiger partial charge in [0, 0.05) is 0 Å². The Kier molecular flexibility index (Phi) is 5.21. The van der Waals surface area contributed by atoms with Crippen LogP contribution in [0.2, 0.25) is 0 Å². The molecule has 2 N–H and O–H groups in total. The minimum Gasteiger partial charge on any atom is -0.434 e. The summed E-state index contributed by atoms with van der Waals surface area (Å²) in [5.74, 6) is 3.13. The molecule has 2 aromatic rings. The first kappa shape index (κ1) is 14.3. The van der Waals surface area contributed by atoms with E-state index < -0.39 is 6.61 Å². The Labute approximate surface area is 118 Å². The molecule has 0 spiro atoms. The second-order valence-electron chi connectivity index (χ2n) is 3.90. The van der Waals surface area contributed by atoms with Crippen molar-refractivity contribution in [1.82, 2.24) is 4.37 Å². The number of benzene rings is 1. The van der Waals surface area contributed by atoms with E-state index >= 15 is 0 Å². The van der Waals surface area contributed by atoms with Gasteiger partial charge >= 0.3 is 6.61 Å². The number of alkyl halides is 2. The van der Waals surface area contributed by atoms with Crippen LogP contribution in [0.1, 0.15) is 12.8 Å². The lowest BCUT2D eigenvalue weighted by atomic mass is 10.2. The molecule has 3 rings (SSSR count). The number of thioether (sulfide) groups is 1. The molecule has 0 bridgehead atoms. The van der Waals surface area contributed by atoms with Gasteiger partial charge in [-0.25, -0.2) is 0 Å². The van der Waals surface area contributed by atoms with Crippen molar-refractivity contribution in [3.8, 4) is 5.75 Å². The van der Waals surface area contributed by atoms with Crippen LogP contribution in [0.25, 0.3) is 10.1 Å². The highest BCUT2D eigenvalue weighted by Crippen LogP contribution is 2.33. The highest BCUT2D eigenvalue weighted by atomic mass is 32.2. The molecule has 0 aliphatic carbocycles. The van der Waals surface area contributed by atoms with Crippen LogP contribution >= 0.6 is 23.3 Å². The number of hydrogen-bond acceptors (Lipinski definition) is 5. The highest BCUT2D eigenvalue weighted by Gasteiger charge is 2.12. The van der Waals surface area contributed by atoms with Crippen LogP contribution in [0, 0.1) is 0 Å². The molecule has 1 fully saturated rings. The minimum atomic E-state index is -2.85. The average molecular weight is 304 g/mol. The topological polar surface area (TPSA) is 48.1 Å². The zero-order valence-corrected chi connectivity index (χ0v) is 11.8. The SMILES string of the molecule is C1CCSC1.Nc1nsc2cccc(OC(F)F)c12. The fourth-order valence-corrected chi connectivity index (χ4v) is 3.43. The van der Waals surface area contributed by atoms with Gasteiger partial charge in [-0.05, 0) is 48.0 Å². The fraction of sp³-hybridized carbons (Fsp3) is 0.417. The summed E-state index contributed by atoms with van der Waals surface area (Å²) in [5, 5.41) is 0.456. The Morgan fingerprint density at radius 3 is 2.58 bits per heavy atom. The Morgan fingerprint density at radius 1 is 1.26 bits per heavy atom. The van der Waals surface area contributed by atoms with Crippen LogP contribution in [0.15, 0.2) is 18.2 Å². The van der Waals surface area contributed by atoms with Crippen LogP contribution in [0.3, 0.4) is 0 Å². The largest absolute Gasteiger partial charge is 0.434 e. The van der Waals surface area contributed by atoms with Crippen LogP contribution in [0.4, 0.5) is 14.6 Å². The molecule has 1 aliphatic heterocycles. The van der Waals surface area contributed by atoms with Gasteiger partial charge in [0.25, 0.3) is 0 Å². The molecule has 0 radical (unpaired) electrons. The molecule has 2 heterocycles. The van der Waals surface area contributed by atoms with Gasteiger partial charge in [-0.1, -0.05) is 6.07 Å². The van der Waals surface area contributed by atoms with Crippen molar-refractivity contribution < 1.29 is 13.5 Å². The van der Waals surface area contributed by atoms with Crippen LogP contribution in [-0.4, -0.2) is 22.5 Å². The third-order valence-electron chi connectivity index (χ3n) is 2.53. The van der Waals surface area contributed by atoms with E-state index in [-0.39, 0.29) is 11.6 Å². The zero-order chi connectivity index (χ0) is 13.7. The molecule has 104 valence electrons. The van der Waals surface area contributed by atoms with Crippen molar-refractivity contribution in [2.45, 2.75) is 19.5 Å². The summed E-state index contributed by atoms with van der Waals surface area (Å²) >= 11 is 3.23. The first-order valence-corrected chi connectivity index (χ1v) is 7.77. The molecule has 0 atom stereocenters. The second kappa shape index (κ2) is 6.91. The van der Waals surface area contributed by atoms with Crippen molar-refractivity contribution >= 4 is 39.2 Å². The summed E-state index contributed by atoms with van der Waals surface area (Å²) < 4.78 is 32.9. The summed E-state index contributed by atoms with van der Waals surface area (Å²) in [7, 11) is 0. The molecule has 3 nitrogen and oxygen atoms in total. The molecule has 0 unspecified atom stereocenters. The predicted octanol–water partition coefficient (Wildman–Crippen LogP) is 3.99. The number of halogens is 2. The minimum absolute atomic E-state index is 0.0729. The summed E-state index contributed by atoms with van der Waals surface area (Å²) in [5.41, 5.74) is 5.53. The lowest BCUT2D eigenvalue weighted by Crippen LogP contribution is -2.02. The number of hydrogen-bond donors (Lipinski definition) is 1. The molecule has 19 heavy (non-hydrogen) atoms. The van der Waals surface area contributed by atoms with E-state index in [1.54, 1.807) is 12.1 Å². The maximum absolute atomic E-state index is 12.0. The Morgan fingerprint density at radius 2 is 2.00 bits per heavy atom. The number of nitrogens with two attached hydrogens (primary N) is 1. The van der Waals surface area contributed by atoms with Gasteiger partial charge in [0.15, 0.2) is 0 Å². The van der Waals surface area contributed by atoms with Gasteiger partial charge in [0.05, 0.1) is 10.1 Å². The Bertz CT molecular complexity index is 522. The van der Waals surface area contributed by atoms with Crippen molar-refractivity contribution in [2.75, 3.05) is 17.2 Å². The van der Waals surface area contributed by atoms with E-state index in [1.807, 2.05) is 0 Å². The van der Waals surface area contributed by atoms with Crippen LogP contribution < -0.4 is 10.5 Å². The van der Waals surface area contributed by atoms with Gasteiger partial charge in [0.1, 0.15) is 11.6 Å². The molecular formula is C12H14F2N2OS2. The molecule has 1 aromatic carbocycles. The zero-order valence-electron chi connectivity index (χ0n) is 10.1. The number of anilines is 1. The molecule has 1 aliphatic rings. The van der Waals surface area contributed by atoms with Crippen LogP contribution in [0.5, 0.6) is 5.75 Å². The second-order valence-corrected chi connectivity index (χ2v) is 5.92. The van der Waals surface area contributed by atoms with E-state index in [2.05, 4.69) is 20.9 Å². The van der Waals surface area contributed by atoms with Gasteiger partial charge < -0.3 is 10.5 Å². The summed E-state index contributed by atoms with van der Waals surface area (Å²) in [6.07, 6.45) is 2.93. The quantitative estimate of drug-likeness (QED) is 0.911. The third kappa shape index (κ3) is 3.94. The van der Waals surface area contributed by atoms with Gasteiger partial charge in [-0.2, -0.15) is 24.9 Å². The van der Waals surface area contributed by atoms with E-state index in [0.29, 0.717) is 5.39 Å². The van der Waals surface area contributed by atoms with Crippen molar-refractivity contribution in [1.29, 1.82) is 0 Å². The molecule has 0 amide bonds. The smallest absolute Gasteiger partial charge is 0.387 e. The molecule has 1 aromatic heterocycles. The lowest BCUT2D eigenvalue weighted by molar-refractivity contribution is -0.0487. The maximum Gasteiger partial charge on any atom is 0.387 e. The van der Waals surface area contributed by atoms with E-state index in [9.17, 15) is 8.78 Å². The molecule has 7 heteroatoms. The van der Waals surface area contributed by atoms with Gasteiger partial charge in [-0.3, -0.25) is 0 Å². The van der Waals surface area contributed by atoms with Crippen molar-refractivity contribution in [3.05, 3.63) is 18.2 Å². The Balaban J connectivity index is 0.000000224. The van der Waals surface area contributed by atoms with Gasteiger partial charge in [0.2, 0.25) is 0 Å². The van der Waals surface area contributed by atoms with E-state index in [1.165, 1.54) is 30.4 Å². The summed E-state index contributed by atoms with van der Waals surface area (Å²) in [4.78, 5) is 0. The first-order chi connectivity index (χ1) is 9.18. The van der Waals surface area contributed by atoms with E-state index in [4.69, 9.17) is 5.73 Å². The highest BCUT2D eigenvalue weighted by molar-refractivity contribution is 7.99. The average Bonchev–Trinajstić information content (AvgIpc) is 3.02. The fourth-order valence-electron chi connectivity index (χ4n) is 1.69. The number of nitrogen functional groups attached to an aromatic ring is 1.